The molecule has 4 aliphatic carbocycles. The molecular weight excluding hydrogens is 324 g/mol. The standard InChI is InChI=1S/C23H38O3/c1-14(24)19-7-8-20-18-6-5-16-13-17(26-15(2)25)9-11-22(16,3)21(18)10-12-23(19,20)4/h14,16-21,24H,5-13H2,1-4H3/t14?,16-,17-,18-,19+,20-,21-,22-,23+/m0/s1. The Morgan fingerprint density at radius 1 is 1.00 bits per heavy atom. The summed E-state index contributed by atoms with van der Waals surface area (Å²) in [5.74, 6) is 3.61. The average molecular weight is 363 g/mol. The number of carbonyl (C=O) groups excluding carboxylic acids is 1. The van der Waals surface area contributed by atoms with Gasteiger partial charge < -0.3 is 9.84 Å². The zero-order valence-corrected chi connectivity index (χ0v) is 17.2. The summed E-state index contributed by atoms with van der Waals surface area (Å²) in [5.41, 5.74) is 0.789. The summed E-state index contributed by atoms with van der Waals surface area (Å²) < 4.78 is 5.58. The Morgan fingerprint density at radius 3 is 2.38 bits per heavy atom. The van der Waals surface area contributed by atoms with Gasteiger partial charge in [0.2, 0.25) is 0 Å². The molecule has 26 heavy (non-hydrogen) atoms. The molecule has 4 aliphatic rings. The molecule has 0 amide bonds. The summed E-state index contributed by atoms with van der Waals surface area (Å²) in [5, 5.41) is 10.4. The van der Waals surface area contributed by atoms with Gasteiger partial charge in [0.1, 0.15) is 6.10 Å². The lowest BCUT2D eigenvalue weighted by Gasteiger charge is -2.61. The van der Waals surface area contributed by atoms with E-state index in [4.69, 9.17) is 4.74 Å². The van der Waals surface area contributed by atoms with E-state index in [0.717, 1.165) is 36.5 Å². The first-order chi connectivity index (χ1) is 12.3. The Morgan fingerprint density at radius 2 is 1.69 bits per heavy atom. The molecule has 0 aromatic carbocycles. The van der Waals surface area contributed by atoms with Gasteiger partial charge >= 0.3 is 5.97 Å². The third kappa shape index (κ3) is 2.75. The number of hydrogen-bond donors (Lipinski definition) is 1. The highest BCUT2D eigenvalue weighted by molar-refractivity contribution is 5.66. The lowest BCUT2D eigenvalue weighted by molar-refractivity contribution is -0.161. The molecule has 0 bridgehead atoms. The van der Waals surface area contributed by atoms with Crippen molar-refractivity contribution in [1.29, 1.82) is 0 Å². The van der Waals surface area contributed by atoms with Gasteiger partial charge in [-0.2, -0.15) is 0 Å². The molecule has 0 aliphatic heterocycles. The number of carbonyl (C=O) groups is 1. The minimum absolute atomic E-state index is 0.115. The number of aliphatic hydroxyl groups excluding tert-OH is 1. The summed E-state index contributed by atoms with van der Waals surface area (Å²) in [6.45, 7) is 8.61. The van der Waals surface area contributed by atoms with Gasteiger partial charge in [0.25, 0.3) is 0 Å². The predicted octanol–water partition coefficient (Wildman–Crippen LogP) is 4.96. The number of fused-ring (bicyclic) bond motifs is 5. The summed E-state index contributed by atoms with van der Waals surface area (Å²) in [6, 6.07) is 0. The van der Waals surface area contributed by atoms with E-state index in [1.165, 1.54) is 44.9 Å². The van der Waals surface area contributed by atoms with Crippen LogP contribution in [0.25, 0.3) is 0 Å². The normalized spacial score (nSPS) is 51.7. The van der Waals surface area contributed by atoms with Crippen LogP contribution in [0.4, 0.5) is 0 Å². The second-order valence-electron chi connectivity index (χ2n) is 10.6. The summed E-state index contributed by atoms with van der Waals surface area (Å²) in [6.07, 6.45) is 11.2. The average Bonchev–Trinajstić information content (AvgIpc) is 2.92. The van der Waals surface area contributed by atoms with E-state index in [9.17, 15) is 9.90 Å². The maximum absolute atomic E-state index is 11.4. The molecule has 0 saturated heterocycles. The third-order valence-corrected chi connectivity index (χ3v) is 9.61. The van der Waals surface area contributed by atoms with Gasteiger partial charge in [-0.1, -0.05) is 13.8 Å². The summed E-state index contributed by atoms with van der Waals surface area (Å²) in [4.78, 5) is 11.4. The second kappa shape index (κ2) is 6.50. The highest BCUT2D eigenvalue weighted by atomic mass is 16.5. The van der Waals surface area contributed by atoms with Crippen molar-refractivity contribution < 1.29 is 14.6 Å². The monoisotopic (exact) mass is 362 g/mol. The van der Waals surface area contributed by atoms with Crippen LogP contribution in [0.3, 0.4) is 0 Å². The topological polar surface area (TPSA) is 46.5 Å². The molecule has 3 heteroatoms. The van der Waals surface area contributed by atoms with Gasteiger partial charge in [-0.05, 0) is 105 Å². The van der Waals surface area contributed by atoms with Crippen molar-refractivity contribution in [3.8, 4) is 0 Å². The molecule has 4 rings (SSSR count). The zero-order chi connectivity index (χ0) is 18.7. The van der Waals surface area contributed by atoms with Gasteiger partial charge in [-0.3, -0.25) is 4.79 Å². The van der Waals surface area contributed by atoms with Gasteiger partial charge in [0.05, 0.1) is 6.10 Å². The van der Waals surface area contributed by atoms with E-state index in [1.54, 1.807) is 6.92 Å². The fraction of sp³-hybridized carbons (Fsp3) is 0.957. The molecule has 0 heterocycles. The molecule has 0 aromatic rings. The third-order valence-electron chi connectivity index (χ3n) is 9.61. The van der Waals surface area contributed by atoms with Crippen LogP contribution in [0.2, 0.25) is 0 Å². The van der Waals surface area contributed by atoms with Crippen molar-refractivity contribution in [3.63, 3.8) is 0 Å². The van der Waals surface area contributed by atoms with Crippen LogP contribution in [-0.2, 0) is 9.53 Å². The van der Waals surface area contributed by atoms with E-state index in [-0.39, 0.29) is 18.2 Å². The minimum Gasteiger partial charge on any atom is -0.463 e. The Bertz CT molecular complexity index is 558. The molecule has 0 aromatic heterocycles. The van der Waals surface area contributed by atoms with E-state index >= 15 is 0 Å². The van der Waals surface area contributed by atoms with E-state index in [2.05, 4.69) is 13.8 Å². The van der Waals surface area contributed by atoms with Crippen molar-refractivity contribution >= 4 is 5.97 Å². The molecule has 0 spiro atoms. The van der Waals surface area contributed by atoms with Crippen molar-refractivity contribution in [2.45, 2.75) is 97.7 Å². The first-order valence-corrected chi connectivity index (χ1v) is 11.1. The van der Waals surface area contributed by atoms with Crippen LogP contribution in [0.1, 0.15) is 85.5 Å². The lowest BCUT2D eigenvalue weighted by Crippen LogP contribution is -2.54. The van der Waals surface area contributed by atoms with Gasteiger partial charge in [-0.15, -0.1) is 0 Å². The maximum atomic E-state index is 11.4. The highest BCUT2D eigenvalue weighted by Crippen LogP contribution is 2.67. The molecular formula is C23H38O3. The van der Waals surface area contributed by atoms with Crippen molar-refractivity contribution in [1.82, 2.24) is 0 Å². The first-order valence-electron chi connectivity index (χ1n) is 11.1. The number of aliphatic hydroxyl groups is 1. The van der Waals surface area contributed by atoms with Gasteiger partial charge in [-0.25, -0.2) is 0 Å². The quantitative estimate of drug-likeness (QED) is 0.706. The van der Waals surface area contributed by atoms with E-state index in [1.807, 2.05) is 6.92 Å². The van der Waals surface area contributed by atoms with Crippen molar-refractivity contribution in [2.75, 3.05) is 0 Å². The van der Waals surface area contributed by atoms with Crippen molar-refractivity contribution in [2.24, 2.45) is 40.4 Å². The summed E-state index contributed by atoms with van der Waals surface area (Å²) >= 11 is 0. The number of rotatable bonds is 2. The summed E-state index contributed by atoms with van der Waals surface area (Å²) in [7, 11) is 0. The van der Waals surface area contributed by atoms with E-state index in [0.29, 0.717) is 16.7 Å². The van der Waals surface area contributed by atoms with Gasteiger partial charge in [0.15, 0.2) is 0 Å². The van der Waals surface area contributed by atoms with Crippen LogP contribution in [0, 0.1) is 40.4 Å². The predicted molar refractivity (Wildman–Crippen MR) is 102 cm³/mol. The van der Waals surface area contributed by atoms with Crippen LogP contribution in [-0.4, -0.2) is 23.3 Å². The highest BCUT2D eigenvalue weighted by Gasteiger charge is 2.60. The van der Waals surface area contributed by atoms with E-state index < -0.39 is 0 Å². The number of hydrogen-bond acceptors (Lipinski definition) is 3. The Labute approximate surface area is 159 Å². The fourth-order valence-corrected chi connectivity index (χ4v) is 8.39. The Hall–Kier alpha value is -0.570. The van der Waals surface area contributed by atoms with Gasteiger partial charge in [0, 0.05) is 6.92 Å². The molecule has 0 radical (unpaired) electrons. The molecule has 1 N–H and O–H groups in total. The van der Waals surface area contributed by atoms with Crippen molar-refractivity contribution in [3.05, 3.63) is 0 Å². The molecule has 1 unspecified atom stereocenters. The fourth-order valence-electron chi connectivity index (χ4n) is 8.39. The molecule has 4 saturated carbocycles. The van der Waals surface area contributed by atoms with Crippen LogP contribution < -0.4 is 0 Å². The minimum atomic E-state index is -0.160. The SMILES string of the molecule is CC(=O)O[C@H]1CC[C@@]2(C)[C@@H](CC[C@@H]3[C@@H]2CC[C@]2(C)[C@@H](C(C)O)CC[C@@H]32)C1. The largest absolute Gasteiger partial charge is 0.463 e. The smallest absolute Gasteiger partial charge is 0.302 e. The Kier molecular flexibility index (Phi) is 4.69. The first kappa shape index (κ1) is 18.8. The number of ether oxygens (including phenoxy) is 1. The molecule has 9 atom stereocenters. The maximum Gasteiger partial charge on any atom is 0.302 e. The Balaban J connectivity index is 1.53. The molecule has 3 nitrogen and oxygen atoms in total. The second-order valence-corrected chi connectivity index (χ2v) is 10.6. The van der Waals surface area contributed by atoms with Crippen LogP contribution in [0.15, 0.2) is 0 Å². The van der Waals surface area contributed by atoms with Crippen LogP contribution in [0.5, 0.6) is 0 Å². The zero-order valence-electron chi connectivity index (χ0n) is 17.2. The lowest BCUT2D eigenvalue weighted by atomic mass is 9.44. The molecule has 148 valence electrons. The molecule has 4 fully saturated rings. The number of esters is 1. The van der Waals surface area contributed by atoms with Crippen LogP contribution >= 0.6 is 0 Å².